The van der Waals surface area contributed by atoms with Crippen molar-refractivity contribution in [3.63, 3.8) is 0 Å². The van der Waals surface area contributed by atoms with Crippen molar-refractivity contribution in [3.8, 4) is 17.3 Å². The number of ether oxygens (including phenoxy) is 2. The molecule has 3 aliphatic heterocycles. The Morgan fingerprint density at radius 2 is 2.06 bits per heavy atom. The minimum absolute atomic E-state index is 0.0471. The topological polar surface area (TPSA) is 102 Å². The van der Waals surface area contributed by atoms with Crippen LogP contribution in [0.3, 0.4) is 0 Å². The van der Waals surface area contributed by atoms with Crippen LogP contribution in [-0.4, -0.2) is 98.1 Å². The molecule has 15 heteroatoms. The molecule has 0 saturated carbocycles. The number of aromatic nitrogens is 5. The average molecular weight is 686 g/mol. The molecule has 0 radical (unpaired) electrons. The molecule has 7 heterocycles. The Morgan fingerprint density at radius 3 is 2.88 bits per heavy atom. The number of hydrogen-bond acceptors (Lipinski definition) is 10. The van der Waals surface area contributed by atoms with E-state index in [1.54, 1.807) is 26.2 Å². The Hall–Kier alpha value is -3.66. The van der Waals surface area contributed by atoms with Gasteiger partial charge in [0.15, 0.2) is 0 Å². The van der Waals surface area contributed by atoms with E-state index >= 15 is 0 Å². The van der Waals surface area contributed by atoms with Crippen LogP contribution in [0.4, 0.5) is 23.4 Å². The number of halogens is 4. The van der Waals surface area contributed by atoms with E-state index in [2.05, 4.69) is 15.0 Å². The monoisotopic (exact) mass is 685 g/mol. The second-order valence-corrected chi connectivity index (χ2v) is 14.6. The van der Waals surface area contributed by atoms with Gasteiger partial charge in [-0.15, -0.1) is 11.3 Å². The molecule has 1 N–H and O–H groups in total. The summed E-state index contributed by atoms with van der Waals surface area (Å²) in [6.45, 7) is 5.61. The molecule has 3 saturated heterocycles. The molecular formula is C33H35F4N7O3S. The standard InChI is InChI=1S/C33H35F4N7O3S/c1-18-11-19-13-39-42(3)26(19)23(24(18)33(35,36)37)25-27-21(5-7-38-25)22-28(43-9-10-46-16-31(2,45)15-43)40-30(41-29(22)48-27)47-17-32-6-4-8-44(32)14-20(34)12-32/h5,7,11,13,20,45H,4,6,8-10,12,14-17H2,1-3H3/t20-,31+,32+/m1/s1. The zero-order valence-electron chi connectivity index (χ0n) is 26.8. The van der Waals surface area contributed by atoms with Crippen LogP contribution in [0.2, 0.25) is 0 Å². The number of rotatable bonds is 5. The molecule has 3 fully saturated rings. The van der Waals surface area contributed by atoms with Crippen LogP contribution in [-0.2, 0) is 18.0 Å². The fourth-order valence-corrected chi connectivity index (χ4v) is 9.10. The van der Waals surface area contributed by atoms with E-state index in [9.17, 15) is 22.7 Å². The lowest BCUT2D eigenvalue weighted by atomic mass is 9.95. The van der Waals surface area contributed by atoms with Gasteiger partial charge in [-0.05, 0) is 50.9 Å². The van der Waals surface area contributed by atoms with E-state index < -0.39 is 29.1 Å². The molecule has 4 aromatic heterocycles. The number of fused-ring (bicyclic) bond motifs is 5. The van der Waals surface area contributed by atoms with Crippen LogP contribution < -0.4 is 9.64 Å². The Kier molecular flexibility index (Phi) is 7.36. The highest BCUT2D eigenvalue weighted by molar-refractivity contribution is 7.26. The first-order valence-electron chi connectivity index (χ1n) is 16.0. The smallest absolute Gasteiger partial charge is 0.417 e. The zero-order chi connectivity index (χ0) is 33.6. The van der Waals surface area contributed by atoms with Crippen molar-refractivity contribution in [1.82, 2.24) is 29.6 Å². The molecule has 0 unspecified atom stereocenters. The molecule has 48 heavy (non-hydrogen) atoms. The largest absolute Gasteiger partial charge is 0.461 e. The number of aryl methyl sites for hydroxylation is 2. The highest BCUT2D eigenvalue weighted by atomic mass is 32.1. The number of aliphatic hydroxyl groups is 1. The number of pyridine rings is 1. The van der Waals surface area contributed by atoms with Gasteiger partial charge in [0.1, 0.15) is 29.0 Å². The highest BCUT2D eigenvalue weighted by Crippen LogP contribution is 2.48. The van der Waals surface area contributed by atoms with Gasteiger partial charge in [0.05, 0.1) is 58.4 Å². The maximum absolute atomic E-state index is 14.8. The van der Waals surface area contributed by atoms with E-state index in [-0.39, 0.29) is 42.6 Å². The van der Waals surface area contributed by atoms with Gasteiger partial charge < -0.3 is 19.5 Å². The summed E-state index contributed by atoms with van der Waals surface area (Å²) in [5.74, 6) is 0.478. The average Bonchev–Trinajstić information content (AvgIpc) is 3.73. The maximum Gasteiger partial charge on any atom is 0.417 e. The van der Waals surface area contributed by atoms with Crippen LogP contribution in [0.1, 0.15) is 37.3 Å². The van der Waals surface area contributed by atoms with Crippen molar-refractivity contribution in [2.75, 3.05) is 50.9 Å². The van der Waals surface area contributed by atoms with E-state index in [0.29, 0.717) is 63.1 Å². The fourth-order valence-electron chi connectivity index (χ4n) is 7.95. The first kappa shape index (κ1) is 31.6. The first-order valence-corrected chi connectivity index (χ1v) is 16.8. The molecule has 10 nitrogen and oxygen atoms in total. The molecule has 254 valence electrons. The quantitative estimate of drug-likeness (QED) is 0.235. The second kappa shape index (κ2) is 11.2. The third-order valence-electron chi connectivity index (χ3n) is 9.93. The lowest BCUT2D eigenvalue weighted by molar-refractivity contribution is -0.137. The Bertz CT molecular complexity index is 2060. The van der Waals surface area contributed by atoms with Crippen molar-refractivity contribution in [1.29, 1.82) is 0 Å². The van der Waals surface area contributed by atoms with Crippen LogP contribution in [0, 0.1) is 6.92 Å². The van der Waals surface area contributed by atoms with Gasteiger partial charge in [-0.1, -0.05) is 0 Å². The number of alkyl halides is 4. The van der Waals surface area contributed by atoms with Gasteiger partial charge in [0.25, 0.3) is 0 Å². The Balaban J connectivity index is 1.34. The maximum atomic E-state index is 14.8. The summed E-state index contributed by atoms with van der Waals surface area (Å²) in [7, 11) is 1.62. The predicted octanol–water partition coefficient (Wildman–Crippen LogP) is 5.66. The summed E-state index contributed by atoms with van der Waals surface area (Å²) in [4.78, 5) is 18.8. The lowest BCUT2D eigenvalue weighted by Crippen LogP contribution is -2.43. The minimum Gasteiger partial charge on any atom is -0.461 e. The van der Waals surface area contributed by atoms with Crippen LogP contribution in [0.5, 0.6) is 6.01 Å². The Labute approximate surface area is 277 Å². The summed E-state index contributed by atoms with van der Waals surface area (Å²) >= 11 is 1.22. The fraction of sp³-hybridized carbons (Fsp3) is 0.515. The van der Waals surface area contributed by atoms with Crippen molar-refractivity contribution >= 4 is 48.4 Å². The summed E-state index contributed by atoms with van der Waals surface area (Å²) < 4.78 is 72.9. The number of hydrogen-bond donors (Lipinski definition) is 1. The zero-order valence-corrected chi connectivity index (χ0v) is 27.6. The van der Waals surface area contributed by atoms with Gasteiger partial charge in [-0.25, -0.2) is 4.39 Å². The summed E-state index contributed by atoms with van der Waals surface area (Å²) in [5, 5.41) is 17.2. The summed E-state index contributed by atoms with van der Waals surface area (Å²) in [6.07, 6.45) is -0.369. The normalized spacial score (nSPS) is 25.4. The van der Waals surface area contributed by atoms with Gasteiger partial charge in [0, 0.05) is 49.1 Å². The van der Waals surface area contributed by atoms with E-state index in [0.717, 1.165) is 19.4 Å². The van der Waals surface area contributed by atoms with E-state index in [4.69, 9.17) is 19.4 Å². The third kappa shape index (κ3) is 5.17. The molecule has 8 rings (SSSR count). The predicted molar refractivity (Wildman–Crippen MR) is 174 cm³/mol. The van der Waals surface area contributed by atoms with Crippen LogP contribution >= 0.6 is 11.3 Å². The lowest BCUT2D eigenvalue weighted by Gasteiger charge is -2.31. The highest BCUT2D eigenvalue weighted by Gasteiger charge is 2.49. The second-order valence-electron chi connectivity index (χ2n) is 13.6. The molecule has 0 bridgehead atoms. The molecule has 0 spiro atoms. The van der Waals surface area contributed by atoms with Crippen molar-refractivity contribution in [2.45, 2.75) is 56.6 Å². The minimum atomic E-state index is -4.66. The van der Waals surface area contributed by atoms with Crippen molar-refractivity contribution in [3.05, 3.63) is 35.7 Å². The van der Waals surface area contributed by atoms with Gasteiger partial charge in [0.2, 0.25) is 0 Å². The molecule has 5 aromatic rings. The number of anilines is 1. The SMILES string of the molecule is Cc1cc2cnn(C)c2c(-c2nccc3c2sc2nc(OC[C@@]45CCCN4C[C@H](F)C5)nc(N4CCOC[C@@](C)(O)C4)c23)c1C(F)(F)F. The van der Waals surface area contributed by atoms with Gasteiger partial charge >= 0.3 is 12.2 Å². The molecular weight excluding hydrogens is 650 g/mol. The van der Waals surface area contributed by atoms with Gasteiger partial charge in [-0.3, -0.25) is 14.6 Å². The van der Waals surface area contributed by atoms with Crippen LogP contribution in [0.25, 0.3) is 42.5 Å². The number of nitrogens with zero attached hydrogens (tertiary/aromatic N) is 7. The summed E-state index contributed by atoms with van der Waals surface area (Å²) in [6, 6.07) is 3.35. The van der Waals surface area contributed by atoms with E-state index in [1.807, 2.05) is 4.90 Å². The number of β-amino-alcohol motifs (C(OH)–C–C–N with tert-alkyl or cyclic N) is 1. The molecule has 0 aliphatic carbocycles. The number of benzene rings is 1. The van der Waals surface area contributed by atoms with Crippen LogP contribution in [0.15, 0.2) is 24.5 Å². The molecule has 3 aliphatic rings. The molecule has 3 atom stereocenters. The molecule has 1 aromatic carbocycles. The molecule has 0 amide bonds. The van der Waals surface area contributed by atoms with Crippen molar-refractivity contribution < 1.29 is 32.1 Å². The summed E-state index contributed by atoms with van der Waals surface area (Å²) in [5.41, 5.74) is -1.87. The third-order valence-corrected chi connectivity index (χ3v) is 11.0. The first-order chi connectivity index (χ1) is 22.8. The van der Waals surface area contributed by atoms with E-state index in [1.165, 1.54) is 35.2 Å². The van der Waals surface area contributed by atoms with Crippen molar-refractivity contribution in [2.24, 2.45) is 7.05 Å². The Morgan fingerprint density at radius 1 is 1.23 bits per heavy atom. The number of thiophene rings is 1. The van der Waals surface area contributed by atoms with Gasteiger partial charge in [-0.2, -0.15) is 28.2 Å².